The van der Waals surface area contributed by atoms with Crippen LogP contribution < -0.4 is 0 Å². The first-order valence-corrected chi connectivity index (χ1v) is 14.5. The fourth-order valence-electron chi connectivity index (χ4n) is 6.52. The zero-order valence-corrected chi connectivity index (χ0v) is 24.8. The number of benzene rings is 5. The molecule has 0 amide bonds. The Kier molecular flexibility index (Phi) is 6.61. The number of rotatable bonds is 5. The molecular weight excluding hydrogens is 573 g/mol. The van der Waals surface area contributed by atoms with Gasteiger partial charge in [-0.2, -0.15) is 5.26 Å². The quantitative estimate of drug-likeness (QED) is 0.215. The molecule has 1 aliphatic carbocycles. The van der Waals surface area contributed by atoms with E-state index >= 15 is 8.78 Å². The SMILES string of the molecule is Cc1cccc2c1-c1ccc(-c3cc4nnn(CC(C)(C)O)c4c(F)c3F)c(-c3ccccc3-c3ccc(C#N)c(F)c3)c1C2. The van der Waals surface area contributed by atoms with Crippen molar-refractivity contribution in [1.29, 1.82) is 5.26 Å². The van der Waals surface area contributed by atoms with Gasteiger partial charge in [0.25, 0.3) is 0 Å². The first kappa shape index (κ1) is 28.5. The van der Waals surface area contributed by atoms with Crippen LogP contribution in [-0.4, -0.2) is 25.7 Å². The standard InChI is InChI=1S/C37H27F3N4O/c1-20-7-6-8-22-15-28-26(32(20)22)13-14-27(29-17-31-36(35(40)34(29)39)44(43-42-31)19-37(2,3)45)33(28)25-10-5-4-9-24(25)21-11-12-23(18-41)30(38)16-21/h4-14,16-17,45H,15,19H2,1-3H3. The molecule has 0 bridgehead atoms. The van der Waals surface area contributed by atoms with Crippen LogP contribution >= 0.6 is 0 Å². The fraction of sp³-hybridized carbons (Fsp3) is 0.162. The van der Waals surface area contributed by atoms with Crippen LogP contribution in [0.1, 0.15) is 36.1 Å². The highest BCUT2D eigenvalue weighted by Gasteiger charge is 2.30. The third-order valence-corrected chi connectivity index (χ3v) is 8.41. The van der Waals surface area contributed by atoms with Crippen molar-refractivity contribution in [3.05, 3.63) is 119 Å². The summed E-state index contributed by atoms with van der Waals surface area (Å²) in [5.41, 5.74) is 7.14. The fourth-order valence-corrected chi connectivity index (χ4v) is 6.52. The molecule has 1 aromatic heterocycles. The number of aliphatic hydroxyl groups is 1. The minimum atomic E-state index is -1.23. The summed E-state index contributed by atoms with van der Waals surface area (Å²) in [4.78, 5) is 0. The third kappa shape index (κ3) is 4.68. The van der Waals surface area contributed by atoms with Crippen molar-refractivity contribution in [2.24, 2.45) is 0 Å². The molecule has 1 heterocycles. The van der Waals surface area contributed by atoms with Gasteiger partial charge in [0.2, 0.25) is 0 Å². The maximum absolute atomic E-state index is 16.3. The van der Waals surface area contributed by atoms with E-state index in [1.54, 1.807) is 26.0 Å². The van der Waals surface area contributed by atoms with E-state index < -0.39 is 23.1 Å². The average Bonchev–Trinajstić information content (AvgIpc) is 3.59. The van der Waals surface area contributed by atoms with E-state index in [0.717, 1.165) is 27.8 Å². The zero-order valence-electron chi connectivity index (χ0n) is 24.8. The van der Waals surface area contributed by atoms with Crippen LogP contribution in [0.5, 0.6) is 0 Å². The number of hydrogen-bond acceptors (Lipinski definition) is 4. The van der Waals surface area contributed by atoms with Crippen molar-refractivity contribution < 1.29 is 18.3 Å². The van der Waals surface area contributed by atoms with Gasteiger partial charge in [0.05, 0.1) is 17.7 Å². The molecule has 0 saturated carbocycles. The van der Waals surface area contributed by atoms with Gasteiger partial charge in [0.15, 0.2) is 11.6 Å². The lowest BCUT2D eigenvalue weighted by molar-refractivity contribution is 0.0583. The molecule has 1 N–H and O–H groups in total. The van der Waals surface area contributed by atoms with Crippen molar-refractivity contribution in [2.75, 3.05) is 0 Å². The molecule has 5 nitrogen and oxygen atoms in total. The summed E-state index contributed by atoms with van der Waals surface area (Å²) in [5.74, 6) is -2.81. The highest BCUT2D eigenvalue weighted by molar-refractivity contribution is 5.99. The Morgan fingerprint density at radius 3 is 2.33 bits per heavy atom. The predicted octanol–water partition coefficient (Wildman–Crippen LogP) is 8.37. The second-order valence-electron chi connectivity index (χ2n) is 12.1. The van der Waals surface area contributed by atoms with Gasteiger partial charge < -0.3 is 5.11 Å². The number of hydrogen-bond donors (Lipinski definition) is 1. The highest BCUT2D eigenvalue weighted by Crippen LogP contribution is 2.49. The van der Waals surface area contributed by atoms with Gasteiger partial charge in [-0.1, -0.05) is 65.9 Å². The van der Waals surface area contributed by atoms with Gasteiger partial charge in [0.1, 0.15) is 22.9 Å². The van der Waals surface area contributed by atoms with Crippen LogP contribution in [0.2, 0.25) is 0 Å². The highest BCUT2D eigenvalue weighted by atomic mass is 19.2. The molecule has 0 radical (unpaired) electrons. The molecule has 1 aliphatic rings. The summed E-state index contributed by atoms with van der Waals surface area (Å²) in [5, 5.41) is 27.7. The number of halogens is 3. The van der Waals surface area contributed by atoms with E-state index in [4.69, 9.17) is 0 Å². The molecule has 5 aromatic carbocycles. The molecule has 222 valence electrons. The Labute approximate surface area is 257 Å². The summed E-state index contributed by atoms with van der Waals surface area (Å²) < 4.78 is 48.2. The lowest BCUT2D eigenvalue weighted by atomic mass is 9.84. The lowest BCUT2D eigenvalue weighted by Gasteiger charge is -2.20. The average molecular weight is 601 g/mol. The van der Waals surface area contributed by atoms with Gasteiger partial charge in [0, 0.05) is 5.56 Å². The Balaban J connectivity index is 1.52. The first-order chi connectivity index (χ1) is 21.6. The maximum Gasteiger partial charge on any atom is 0.187 e. The van der Waals surface area contributed by atoms with E-state index in [1.165, 1.54) is 22.9 Å². The molecule has 0 atom stereocenters. The van der Waals surface area contributed by atoms with Crippen molar-refractivity contribution in [3.63, 3.8) is 0 Å². The summed E-state index contributed by atoms with van der Waals surface area (Å²) in [7, 11) is 0. The van der Waals surface area contributed by atoms with E-state index in [0.29, 0.717) is 34.2 Å². The monoisotopic (exact) mass is 600 g/mol. The molecular formula is C37H27F3N4O. The van der Waals surface area contributed by atoms with Crippen molar-refractivity contribution >= 4 is 11.0 Å². The molecule has 45 heavy (non-hydrogen) atoms. The Bertz CT molecular complexity index is 2220. The van der Waals surface area contributed by atoms with E-state index in [2.05, 4.69) is 29.4 Å². The first-order valence-electron chi connectivity index (χ1n) is 14.5. The molecule has 7 rings (SSSR count). The number of nitriles is 1. The minimum Gasteiger partial charge on any atom is -0.389 e. The number of nitrogens with zero attached hydrogens (tertiary/aromatic N) is 4. The largest absolute Gasteiger partial charge is 0.389 e. The van der Waals surface area contributed by atoms with Crippen LogP contribution in [-0.2, 0) is 13.0 Å². The van der Waals surface area contributed by atoms with E-state index in [9.17, 15) is 14.8 Å². The van der Waals surface area contributed by atoms with Crippen molar-refractivity contribution in [2.45, 2.75) is 39.3 Å². The normalized spacial score (nSPS) is 12.3. The Hall–Kier alpha value is -5.26. The van der Waals surface area contributed by atoms with Crippen LogP contribution in [0.4, 0.5) is 13.2 Å². The number of aryl methyl sites for hydroxylation is 1. The molecule has 0 fully saturated rings. The maximum atomic E-state index is 16.3. The van der Waals surface area contributed by atoms with Crippen LogP contribution in [0.15, 0.2) is 78.9 Å². The van der Waals surface area contributed by atoms with Gasteiger partial charge >= 0.3 is 0 Å². The molecule has 0 unspecified atom stereocenters. The smallest absolute Gasteiger partial charge is 0.187 e. The zero-order chi connectivity index (χ0) is 31.6. The Morgan fingerprint density at radius 1 is 0.844 bits per heavy atom. The van der Waals surface area contributed by atoms with Crippen molar-refractivity contribution in [1.82, 2.24) is 15.0 Å². The number of aromatic nitrogens is 3. The summed E-state index contributed by atoms with van der Waals surface area (Å²) in [6.45, 7) is 5.08. The van der Waals surface area contributed by atoms with Gasteiger partial charge in [-0.3, -0.25) is 0 Å². The van der Waals surface area contributed by atoms with Gasteiger partial charge in [-0.05, 0) is 101 Å². The summed E-state index contributed by atoms with van der Waals surface area (Å²) in [6, 6.07) is 25.1. The van der Waals surface area contributed by atoms with E-state index in [-0.39, 0.29) is 28.7 Å². The second kappa shape index (κ2) is 10.4. The van der Waals surface area contributed by atoms with Crippen LogP contribution in [0.25, 0.3) is 55.5 Å². The summed E-state index contributed by atoms with van der Waals surface area (Å²) in [6.07, 6.45) is 0.569. The topological polar surface area (TPSA) is 74.7 Å². The molecule has 0 aliphatic heterocycles. The molecule has 8 heteroatoms. The Morgan fingerprint density at radius 2 is 1.60 bits per heavy atom. The lowest BCUT2D eigenvalue weighted by Crippen LogP contribution is -2.27. The minimum absolute atomic E-state index is 0.0154. The van der Waals surface area contributed by atoms with E-state index in [1.807, 2.05) is 42.5 Å². The molecule has 0 spiro atoms. The third-order valence-electron chi connectivity index (χ3n) is 8.41. The number of fused-ring (bicyclic) bond motifs is 4. The second-order valence-corrected chi connectivity index (χ2v) is 12.1. The van der Waals surface area contributed by atoms with Crippen LogP contribution in [0.3, 0.4) is 0 Å². The van der Waals surface area contributed by atoms with Crippen molar-refractivity contribution in [3.8, 4) is 50.6 Å². The molecule has 0 saturated heterocycles. The molecule has 6 aromatic rings. The van der Waals surface area contributed by atoms with Gasteiger partial charge in [-0.25, -0.2) is 17.9 Å². The van der Waals surface area contributed by atoms with Gasteiger partial charge in [-0.15, -0.1) is 5.10 Å². The predicted molar refractivity (Wildman–Crippen MR) is 168 cm³/mol. The summed E-state index contributed by atoms with van der Waals surface area (Å²) >= 11 is 0. The van der Waals surface area contributed by atoms with Crippen LogP contribution in [0, 0.1) is 35.7 Å².